The average Bonchev–Trinajstić information content (AvgIpc) is 3.20. The number of nitrogens with zero attached hydrogens (tertiary/aromatic N) is 1. The second-order valence-electron chi connectivity index (χ2n) is 8.00. The minimum atomic E-state index is -3.85. The van der Waals surface area contributed by atoms with Gasteiger partial charge in [-0.3, -0.25) is 4.79 Å². The summed E-state index contributed by atoms with van der Waals surface area (Å²) < 4.78 is 28.4. The molecule has 0 aliphatic carbocycles. The monoisotopic (exact) mass is 494 g/mol. The molecule has 3 aromatic rings. The molecule has 2 aliphatic heterocycles. The molecule has 0 unspecified atom stereocenters. The molecule has 1 saturated heterocycles. The van der Waals surface area contributed by atoms with Crippen molar-refractivity contribution in [1.29, 1.82) is 0 Å². The number of sulfonamides is 1. The fourth-order valence-electron chi connectivity index (χ4n) is 4.37. The number of fused-ring (bicyclic) bond motifs is 2. The number of rotatable bonds is 4. The van der Waals surface area contributed by atoms with Crippen molar-refractivity contribution in [1.82, 2.24) is 15.0 Å². The molecule has 0 radical (unpaired) electrons. The molecule has 1 amide bonds. The Balaban J connectivity index is 0.00000245. The lowest BCUT2D eigenvalue weighted by Gasteiger charge is -2.19. The maximum absolute atomic E-state index is 13.0. The Kier molecular flexibility index (Phi) is 6.51. The zero-order chi connectivity index (χ0) is 21.6. The summed E-state index contributed by atoms with van der Waals surface area (Å²) in [4.78, 5) is 17.8. The van der Waals surface area contributed by atoms with Crippen molar-refractivity contribution in [2.45, 2.75) is 30.2 Å². The third-order valence-electron chi connectivity index (χ3n) is 6.06. The normalized spacial score (nSPS) is 19.0. The molecule has 10 heteroatoms. The summed E-state index contributed by atoms with van der Waals surface area (Å²) in [5, 5.41) is 4.67. The summed E-state index contributed by atoms with van der Waals surface area (Å²) in [6, 6.07) is 10.0. The van der Waals surface area contributed by atoms with Gasteiger partial charge in [-0.1, -0.05) is 17.7 Å². The fourth-order valence-corrected chi connectivity index (χ4v) is 5.83. The van der Waals surface area contributed by atoms with Gasteiger partial charge in [0.05, 0.1) is 9.92 Å². The highest BCUT2D eigenvalue weighted by Crippen LogP contribution is 2.28. The Morgan fingerprint density at radius 2 is 1.84 bits per heavy atom. The molecule has 2 aromatic carbocycles. The van der Waals surface area contributed by atoms with Gasteiger partial charge < -0.3 is 15.2 Å². The Morgan fingerprint density at radius 1 is 1.06 bits per heavy atom. The number of anilines is 1. The van der Waals surface area contributed by atoms with E-state index in [2.05, 4.69) is 27.2 Å². The number of hydrogen-bond acceptors (Lipinski definition) is 4. The van der Waals surface area contributed by atoms with Gasteiger partial charge in [-0.2, -0.15) is 4.72 Å². The smallest absolute Gasteiger partial charge is 0.245 e. The van der Waals surface area contributed by atoms with E-state index in [0.29, 0.717) is 23.5 Å². The molecule has 7 nitrogen and oxygen atoms in total. The number of hydrogen-bond donors (Lipinski definition) is 3. The van der Waals surface area contributed by atoms with Crippen LogP contribution in [0.3, 0.4) is 0 Å². The lowest BCUT2D eigenvalue weighted by molar-refractivity contribution is -0.118. The van der Waals surface area contributed by atoms with Crippen LogP contribution in [0.25, 0.3) is 10.9 Å². The minimum Gasteiger partial charge on any atom is -0.360 e. The summed E-state index contributed by atoms with van der Waals surface area (Å²) in [6.07, 6.45) is 3.94. The summed E-state index contributed by atoms with van der Waals surface area (Å²) in [7, 11) is -3.85. The predicted molar refractivity (Wildman–Crippen MR) is 128 cm³/mol. The SMILES string of the molecule is Cl.O=C1[C@@H](NS(=O)(=O)c2ccc3c(Cl)c[nH]c3c2)CCN1c1ccc2c(c1)CCNCC2. The number of aromatic amines is 1. The van der Waals surface area contributed by atoms with Crippen LogP contribution >= 0.6 is 24.0 Å². The lowest BCUT2D eigenvalue weighted by atomic mass is 10.0. The van der Waals surface area contributed by atoms with Crippen LogP contribution < -0.4 is 14.9 Å². The molecule has 32 heavy (non-hydrogen) atoms. The molecule has 5 rings (SSSR count). The molecule has 1 atom stereocenters. The van der Waals surface area contributed by atoms with Crippen LogP contribution in [-0.2, 0) is 27.7 Å². The van der Waals surface area contributed by atoms with Crippen LogP contribution in [0.2, 0.25) is 5.02 Å². The zero-order valence-electron chi connectivity index (χ0n) is 17.2. The third-order valence-corrected chi connectivity index (χ3v) is 7.84. The molecule has 1 aromatic heterocycles. The molecule has 0 saturated carbocycles. The van der Waals surface area contributed by atoms with Gasteiger partial charge in [0.25, 0.3) is 0 Å². The number of benzene rings is 2. The second kappa shape index (κ2) is 9.03. The number of amides is 1. The Bertz CT molecular complexity index is 1280. The van der Waals surface area contributed by atoms with E-state index in [1.165, 1.54) is 23.3 Å². The number of carbonyl (C=O) groups is 1. The molecular weight excluding hydrogens is 471 g/mol. The van der Waals surface area contributed by atoms with E-state index in [1.54, 1.807) is 17.2 Å². The summed E-state index contributed by atoms with van der Waals surface area (Å²) in [5.41, 5.74) is 4.01. The van der Waals surface area contributed by atoms with Crippen LogP contribution in [0, 0.1) is 0 Å². The van der Waals surface area contributed by atoms with Crippen LogP contribution in [0.5, 0.6) is 0 Å². The number of nitrogens with one attached hydrogen (secondary N) is 3. The van der Waals surface area contributed by atoms with E-state index in [-0.39, 0.29) is 23.2 Å². The number of aromatic nitrogens is 1. The predicted octanol–water partition coefficient (Wildman–Crippen LogP) is 3.02. The molecule has 3 heterocycles. The quantitative estimate of drug-likeness (QED) is 0.519. The zero-order valence-corrected chi connectivity index (χ0v) is 19.6. The van der Waals surface area contributed by atoms with Gasteiger partial charge in [0.1, 0.15) is 6.04 Å². The molecule has 0 spiro atoms. The summed E-state index contributed by atoms with van der Waals surface area (Å²) in [6.45, 7) is 2.36. The van der Waals surface area contributed by atoms with Crippen molar-refractivity contribution in [3.63, 3.8) is 0 Å². The van der Waals surface area contributed by atoms with E-state index in [1.807, 2.05) is 6.07 Å². The van der Waals surface area contributed by atoms with Crippen LogP contribution in [0.1, 0.15) is 17.5 Å². The average molecular weight is 495 g/mol. The highest BCUT2D eigenvalue weighted by atomic mass is 35.5. The van der Waals surface area contributed by atoms with Gasteiger partial charge >= 0.3 is 0 Å². The molecule has 3 N–H and O–H groups in total. The first-order valence-corrected chi connectivity index (χ1v) is 12.2. The summed E-state index contributed by atoms with van der Waals surface area (Å²) >= 11 is 6.07. The van der Waals surface area contributed by atoms with Crippen LogP contribution in [0.4, 0.5) is 5.69 Å². The van der Waals surface area contributed by atoms with Gasteiger partial charge in [0, 0.05) is 29.3 Å². The maximum atomic E-state index is 13.0. The van der Waals surface area contributed by atoms with Gasteiger partial charge in [0.15, 0.2) is 0 Å². The third kappa shape index (κ3) is 4.25. The Morgan fingerprint density at radius 3 is 2.66 bits per heavy atom. The second-order valence-corrected chi connectivity index (χ2v) is 10.1. The van der Waals surface area contributed by atoms with E-state index >= 15 is 0 Å². The highest BCUT2D eigenvalue weighted by Gasteiger charge is 2.36. The first-order valence-electron chi connectivity index (χ1n) is 10.4. The Labute approximate surface area is 198 Å². The Hall–Kier alpha value is -2.10. The molecule has 170 valence electrons. The van der Waals surface area contributed by atoms with Crippen LogP contribution in [-0.4, -0.2) is 45.0 Å². The van der Waals surface area contributed by atoms with Gasteiger partial charge in [-0.15, -0.1) is 12.4 Å². The first-order chi connectivity index (χ1) is 14.9. The molecule has 2 aliphatic rings. The fraction of sp³-hybridized carbons (Fsp3) is 0.318. The molecular formula is C22H24Cl2N4O3S. The van der Waals surface area contributed by atoms with Crippen molar-refractivity contribution >= 4 is 56.5 Å². The molecule has 1 fully saturated rings. The number of H-pyrrole nitrogens is 1. The number of carbonyl (C=O) groups excluding carboxylic acids is 1. The largest absolute Gasteiger partial charge is 0.360 e. The standard InChI is InChI=1S/C22H23ClN4O3S.ClH/c23-19-13-25-21-12-17(3-4-18(19)21)31(29,30)26-20-7-10-27(22(20)28)16-2-1-14-5-8-24-9-6-15(14)11-16;/h1-4,11-13,20,24-26H,5-10H2;1H/t20-;/m0./s1. The highest BCUT2D eigenvalue weighted by molar-refractivity contribution is 7.89. The van der Waals surface area contributed by atoms with Gasteiger partial charge in [-0.05, 0) is 73.8 Å². The molecule has 0 bridgehead atoms. The van der Waals surface area contributed by atoms with Crippen molar-refractivity contribution in [3.05, 3.63) is 58.7 Å². The van der Waals surface area contributed by atoms with E-state index < -0.39 is 16.1 Å². The van der Waals surface area contributed by atoms with Crippen molar-refractivity contribution in [2.24, 2.45) is 0 Å². The van der Waals surface area contributed by atoms with Gasteiger partial charge in [0.2, 0.25) is 15.9 Å². The van der Waals surface area contributed by atoms with Gasteiger partial charge in [-0.25, -0.2) is 8.42 Å². The van der Waals surface area contributed by atoms with Crippen molar-refractivity contribution < 1.29 is 13.2 Å². The van der Waals surface area contributed by atoms with Crippen molar-refractivity contribution in [2.75, 3.05) is 24.5 Å². The van der Waals surface area contributed by atoms with Crippen LogP contribution in [0.15, 0.2) is 47.5 Å². The topological polar surface area (TPSA) is 94.3 Å². The minimum absolute atomic E-state index is 0. The lowest BCUT2D eigenvalue weighted by Crippen LogP contribution is -2.41. The van der Waals surface area contributed by atoms with E-state index in [9.17, 15) is 13.2 Å². The summed E-state index contributed by atoms with van der Waals surface area (Å²) in [5.74, 6) is -0.223. The van der Waals surface area contributed by atoms with E-state index in [0.717, 1.165) is 37.0 Å². The number of halogens is 2. The van der Waals surface area contributed by atoms with E-state index in [4.69, 9.17) is 11.6 Å². The maximum Gasteiger partial charge on any atom is 0.245 e. The van der Waals surface area contributed by atoms with Crippen molar-refractivity contribution in [3.8, 4) is 0 Å². The first kappa shape index (κ1) is 23.1.